The van der Waals surface area contributed by atoms with Gasteiger partial charge in [0.1, 0.15) is 5.82 Å². The van der Waals surface area contributed by atoms with Crippen molar-refractivity contribution in [3.8, 4) is 5.69 Å². The molecule has 1 aliphatic rings. The highest BCUT2D eigenvalue weighted by Gasteiger charge is 2.41. The number of pyridine rings is 1. The predicted octanol–water partition coefficient (Wildman–Crippen LogP) is 6.39. The summed E-state index contributed by atoms with van der Waals surface area (Å²) in [6, 6.07) is 21.9. The van der Waals surface area contributed by atoms with E-state index in [1.54, 1.807) is 24.4 Å². The van der Waals surface area contributed by atoms with Crippen LogP contribution in [0.25, 0.3) is 5.69 Å². The van der Waals surface area contributed by atoms with Crippen molar-refractivity contribution in [1.29, 1.82) is 0 Å². The summed E-state index contributed by atoms with van der Waals surface area (Å²) in [5.74, 6) is -0.747. The van der Waals surface area contributed by atoms with Crippen LogP contribution in [0.4, 0.5) is 10.1 Å². The standard InChI is InChI=1S/C29H27BrFN5OS/c1-18-17-20(19(2)36(18)25-13-6-3-9-21(25)30)28-27(24-12-7-8-15-32-24)34-29(38)35(28)16-14-26(37)33-23-11-5-4-10-22(23)31/h3-13,15,17,27-28H,14,16H2,1-2H3,(H,33,37)(H,34,38)/t27-,28-/m1/s1. The number of aryl methyl sites for hydroxylation is 1. The van der Waals surface area contributed by atoms with E-state index in [1.165, 1.54) is 6.07 Å². The Morgan fingerprint density at radius 2 is 1.84 bits per heavy atom. The summed E-state index contributed by atoms with van der Waals surface area (Å²) >= 11 is 9.47. The minimum atomic E-state index is -0.466. The van der Waals surface area contributed by atoms with Crippen molar-refractivity contribution >= 4 is 44.9 Å². The third-order valence-electron chi connectivity index (χ3n) is 6.81. The van der Waals surface area contributed by atoms with Crippen LogP contribution in [0.3, 0.4) is 0 Å². The highest BCUT2D eigenvalue weighted by Crippen LogP contribution is 2.42. The summed E-state index contributed by atoms with van der Waals surface area (Å²) in [4.78, 5) is 19.4. The number of amides is 1. The van der Waals surface area contributed by atoms with E-state index >= 15 is 0 Å². The number of halogens is 2. The molecule has 194 valence electrons. The number of rotatable bonds is 7. The fraction of sp³-hybridized carbons (Fsp3) is 0.207. The van der Waals surface area contributed by atoms with Crippen molar-refractivity contribution in [2.24, 2.45) is 0 Å². The number of carbonyl (C=O) groups is 1. The van der Waals surface area contributed by atoms with Crippen molar-refractivity contribution in [2.45, 2.75) is 32.4 Å². The summed E-state index contributed by atoms with van der Waals surface area (Å²) in [5, 5.41) is 6.67. The Morgan fingerprint density at radius 1 is 1.11 bits per heavy atom. The zero-order valence-corrected chi connectivity index (χ0v) is 23.4. The quantitative estimate of drug-likeness (QED) is 0.244. The van der Waals surface area contributed by atoms with Crippen LogP contribution in [0.2, 0.25) is 0 Å². The summed E-state index contributed by atoms with van der Waals surface area (Å²) in [7, 11) is 0. The predicted molar refractivity (Wildman–Crippen MR) is 155 cm³/mol. The first-order chi connectivity index (χ1) is 18.3. The van der Waals surface area contributed by atoms with Gasteiger partial charge in [0.25, 0.3) is 0 Å². The van der Waals surface area contributed by atoms with E-state index in [4.69, 9.17) is 12.2 Å². The average molecular weight is 593 g/mol. The van der Waals surface area contributed by atoms with Crippen molar-refractivity contribution in [1.82, 2.24) is 19.8 Å². The number of hydrogen-bond donors (Lipinski definition) is 2. The van der Waals surface area contributed by atoms with Gasteiger partial charge >= 0.3 is 0 Å². The molecular formula is C29H27BrFN5OS. The fourth-order valence-electron chi connectivity index (χ4n) is 5.07. The number of thiocarbonyl (C=S) groups is 1. The smallest absolute Gasteiger partial charge is 0.226 e. The van der Waals surface area contributed by atoms with Gasteiger partial charge in [-0.1, -0.05) is 30.3 Å². The van der Waals surface area contributed by atoms with E-state index < -0.39 is 5.82 Å². The molecule has 38 heavy (non-hydrogen) atoms. The molecule has 0 unspecified atom stereocenters. The largest absolute Gasteiger partial charge is 0.352 e. The maximum absolute atomic E-state index is 14.1. The first-order valence-corrected chi connectivity index (χ1v) is 13.5. The molecule has 9 heteroatoms. The molecule has 2 N–H and O–H groups in total. The molecule has 0 spiro atoms. The highest BCUT2D eigenvalue weighted by molar-refractivity contribution is 9.10. The molecule has 2 aromatic heterocycles. The maximum Gasteiger partial charge on any atom is 0.226 e. The Bertz CT molecular complexity index is 1490. The lowest BCUT2D eigenvalue weighted by Crippen LogP contribution is -2.33. The second kappa shape index (κ2) is 11.0. The molecule has 1 saturated heterocycles. The lowest BCUT2D eigenvalue weighted by atomic mass is 9.96. The van der Waals surface area contributed by atoms with E-state index in [2.05, 4.69) is 62.1 Å². The van der Waals surface area contributed by atoms with Gasteiger partial charge in [0.15, 0.2) is 5.11 Å². The SMILES string of the molecule is Cc1cc([C@@H]2[C@@H](c3ccccn3)NC(=S)N2CCC(=O)Nc2ccccc2F)c(C)n1-c1ccccc1Br. The first-order valence-electron chi connectivity index (χ1n) is 12.3. The molecule has 1 fully saturated rings. The van der Waals surface area contributed by atoms with Crippen LogP contribution in [-0.2, 0) is 4.79 Å². The minimum absolute atomic E-state index is 0.143. The van der Waals surface area contributed by atoms with Gasteiger partial charge in [-0.15, -0.1) is 0 Å². The topological polar surface area (TPSA) is 62.2 Å². The molecule has 1 aliphatic heterocycles. The highest BCUT2D eigenvalue weighted by atomic mass is 79.9. The fourth-order valence-corrected chi connectivity index (χ4v) is 5.87. The zero-order valence-electron chi connectivity index (χ0n) is 21.0. The molecule has 4 aromatic rings. The molecular weight excluding hydrogens is 565 g/mol. The number of benzene rings is 2. The van der Waals surface area contributed by atoms with Crippen LogP contribution >= 0.6 is 28.1 Å². The summed E-state index contributed by atoms with van der Waals surface area (Å²) in [6.45, 7) is 4.54. The molecule has 1 amide bonds. The number of para-hydroxylation sites is 2. The van der Waals surface area contributed by atoms with Crippen molar-refractivity contribution in [3.05, 3.63) is 112 Å². The van der Waals surface area contributed by atoms with Gasteiger partial charge < -0.3 is 20.1 Å². The molecule has 0 aliphatic carbocycles. The summed E-state index contributed by atoms with van der Waals surface area (Å²) < 4.78 is 17.3. The van der Waals surface area contributed by atoms with Crippen LogP contribution in [-0.4, -0.2) is 32.0 Å². The van der Waals surface area contributed by atoms with Crippen LogP contribution in [0.15, 0.2) is 83.5 Å². The zero-order chi connectivity index (χ0) is 26.8. The van der Waals surface area contributed by atoms with Gasteiger partial charge in [0.05, 0.1) is 29.2 Å². The average Bonchev–Trinajstić information content (AvgIpc) is 3.39. The molecule has 5 rings (SSSR count). The maximum atomic E-state index is 14.1. The van der Waals surface area contributed by atoms with Gasteiger partial charge in [-0.25, -0.2) is 4.39 Å². The summed E-state index contributed by atoms with van der Waals surface area (Å²) in [6.07, 6.45) is 1.91. The number of carbonyl (C=O) groups excluding carboxylic acids is 1. The minimum Gasteiger partial charge on any atom is -0.352 e. The number of hydrogen-bond acceptors (Lipinski definition) is 3. The van der Waals surface area contributed by atoms with E-state index in [0.29, 0.717) is 11.7 Å². The van der Waals surface area contributed by atoms with Crippen molar-refractivity contribution < 1.29 is 9.18 Å². The van der Waals surface area contributed by atoms with Gasteiger partial charge in [-0.2, -0.15) is 0 Å². The first kappa shape index (κ1) is 26.1. The molecule has 3 heterocycles. The molecule has 0 bridgehead atoms. The molecule has 2 aromatic carbocycles. The molecule has 0 saturated carbocycles. The Labute approximate surface area is 235 Å². The number of aromatic nitrogens is 2. The molecule has 0 radical (unpaired) electrons. The molecule has 6 nitrogen and oxygen atoms in total. The Hall–Kier alpha value is -3.56. The van der Waals surface area contributed by atoms with E-state index in [1.807, 2.05) is 41.3 Å². The number of anilines is 1. The van der Waals surface area contributed by atoms with Gasteiger partial charge in [0, 0.05) is 35.0 Å². The van der Waals surface area contributed by atoms with Gasteiger partial charge in [-0.05, 0) is 90.0 Å². The van der Waals surface area contributed by atoms with Crippen molar-refractivity contribution in [3.63, 3.8) is 0 Å². The van der Waals surface area contributed by atoms with Crippen LogP contribution in [0.1, 0.15) is 41.1 Å². The van der Waals surface area contributed by atoms with E-state index in [0.717, 1.165) is 32.8 Å². The second-order valence-electron chi connectivity index (χ2n) is 9.21. The Kier molecular flexibility index (Phi) is 7.58. The van der Waals surface area contributed by atoms with Crippen molar-refractivity contribution in [2.75, 3.05) is 11.9 Å². The monoisotopic (exact) mass is 591 g/mol. The third-order valence-corrected chi connectivity index (χ3v) is 7.83. The van der Waals surface area contributed by atoms with Crippen LogP contribution in [0.5, 0.6) is 0 Å². The lowest BCUT2D eigenvalue weighted by Gasteiger charge is -2.28. The van der Waals surface area contributed by atoms with Crippen LogP contribution in [0, 0.1) is 19.7 Å². The normalized spacial score (nSPS) is 16.9. The molecule has 2 atom stereocenters. The number of nitrogens with one attached hydrogen (secondary N) is 2. The second-order valence-corrected chi connectivity index (χ2v) is 10.5. The summed E-state index contributed by atoms with van der Waals surface area (Å²) in [5.41, 5.74) is 5.33. The Morgan fingerprint density at radius 3 is 2.58 bits per heavy atom. The Balaban J connectivity index is 1.48. The van der Waals surface area contributed by atoms with Gasteiger partial charge in [-0.3, -0.25) is 9.78 Å². The van der Waals surface area contributed by atoms with E-state index in [-0.39, 0.29) is 30.1 Å². The van der Waals surface area contributed by atoms with E-state index in [9.17, 15) is 9.18 Å². The third kappa shape index (κ3) is 5.08. The van der Waals surface area contributed by atoms with Crippen LogP contribution < -0.4 is 10.6 Å². The lowest BCUT2D eigenvalue weighted by molar-refractivity contribution is -0.116. The van der Waals surface area contributed by atoms with Gasteiger partial charge in [0.2, 0.25) is 5.91 Å². The number of nitrogens with zero attached hydrogens (tertiary/aromatic N) is 3.